The number of nitrogens with one attached hydrogen (secondary N) is 1. The third kappa shape index (κ3) is 5.74. The number of rotatable bonds is 7. The van der Waals surface area contributed by atoms with Gasteiger partial charge in [0.15, 0.2) is 0 Å². The van der Waals surface area contributed by atoms with Crippen molar-refractivity contribution in [1.82, 2.24) is 0 Å². The smallest absolute Gasteiger partial charge is 0.264 e. The first kappa shape index (κ1) is 24.9. The van der Waals surface area contributed by atoms with Crippen molar-refractivity contribution >= 4 is 49.9 Å². The van der Waals surface area contributed by atoms with E-state index >= 15 is 0 Å². The molecule has 0 saturated carbocycles. The van der Waals surface area contributed by atoms with Crippen LogP contribution in [0.25, 0.3) is 0 Å². The number of nitrogens with zero attached hydrogens (tertiary/aromatic N) is 1. The number of amides is 1. The van der Waals surface area contributed by atoms with Gasteiger partial charge in [-0.2, -0.15) is 0 Å². The summed E-state index contributed by atoms with van der Waals surface area (Å²) in [4.78, 5) is 13.6. The lowest BCUT2D eigenvalue weighted by molar-refractivity contribution is 0.102. The molecule has 35 heavy (non-hydrogen) atoms. The summed E-state index contributed by atoms with van der Waals surface area (Å²) in [7, 11) is -3.96. The highest BCUT2D eigenvalue weighted by Gasteiger charge is 2.28. The number of para-hydroxylation sites is 1. The van der Waals surface area contributed by atoms with E-state index in [9.17, 15) is 13.2 Å². The molecule has 0 bridgehead atoms. The zero-order chi connectivity index (χ0) is 25.0. The molecule has 178 valence electrons. The average molecular weight is 596 g/mol. The predicted octanol–water partition coefficient (Wildman–Crippen LogP) is 6.56. The third-order valence-corrected chi connectivity index (χ3v) is 8.08. The molecule has 0 aliphatic heterocycles. The van der Waals surface area contributed by atoms with Crippen LogP contribution in [0.4, 0.5) is 11.4 Å². The molecule has 7 heteroatoms. The molecule has 4 aromatic carbocycles. The zero-order valence-electron chi connectivity index (χ0n) is 19.4. The van der Waals surface area contributed by atoms with Crippen LogP contribution in [0, 0.1) is 17.4 Å². The second kappa shape index (κ2) is 10.6. The van der Waals surface area contributed by atoms with Crippen LogP contribution in [0.15, 0.2) is 102 Å². The van der Waals surface area contributed by atoms with Crippen molar-refractivity contribution in [2.45, 2.75) is 25.3 Å². The van der Waals surface area contributed by atoms with Gasteiger partial charge in [0.1, 0.15) is 0 Å². The molecule has 0 radical (unpaired) electrons. The van der Waals surface area contributed by atoms with Gasteiger partial charge in [-0.25, -0.2) is 8.42 Å². The van der Waals surface area contributed by atoms with E-state index in [1.54, 1.807) is 48.5 Å². The van der Waals surface area contributed by atoms with Crippen LogP contribution in [-0.2, 0) is 16.6 Å². The van der Waals surface area contributed by atoms with Gasteiger partial charge in [-0.15, -0.1) is 0 Å². The van der Waals surface area contributed by atoms with Gasteiger partial charge < -0.3 is 5.32 Å². The Morgan fingerprint density at radius 3 is 2.20 bits per heavy atom. The quantitative estimate of drug-likeness (QED) is 0.246. The molecule has 0 heterocycles. The highest BCUT2D eigenvalue weighted by molar-refractivity contribution is 14.1. The average Bonchev–Trinajstić information content (AvgIpc) is 2.85. The van der Waals surface area contributed by atoms with Gasteiger partial charge in [0.05, 0.1) is 22.7 Å². The highest BCUT2D eigenvalue weighted by Crippen LogP contribution is 2.30. The second-order valence-corrected chi connectivity index (χ2v) is 11.3. The maximum Gasteiger partial charge on any atom is 0.264 e. The lowest BCUT2D eigenvalue weighted by Crippen LogP contribution is -2.32. The minimum atomic E-state index is -3.96. The van der Waals surface area contributed by atoms with Gasteiger partial charge in [-0.05, 0) is 90.0 Å². The molecule has 4 aromatic rings. The van der Waals surface area contributed by atoms with Gasteiger partial charge in [0.25, 0.3) is 15.9 Å². The predicted molar refractivity (Wildman–Crippen MR) is 149 cm³/mol. The number of carbonyl (C=O) groups excluding carboxylic acids is 1. The molecule has 0 fully saturated rings. The van der Waals surface area contributed by atoms with Gasteiger partial charge in [0.2, 0.25) is 0 Å². The zero-order valence-corrected chi connectivity index (χ0v) is 22.4. The molecule has 0 saturated heterocycles. The van der Waals surface area contributed by atoms with E-state index in [2.05, 4.69) is 27.9 Å². The molecule has 0 unspecified atom stereocenters. The van der Waals surface area contributed by atoms with E-state index < -0.39 is 10.0 Å². The lowest BCUT2D eigenvalue weighted by Gasteiger charge is -2.27. The van der Waals surface area contributed by atoms with Crippen LogP contribution in [0.2, 0.25) is 0 Å². The Hall–Kier alpha value is -3.17. The van der Waals surface area contributed by atoms with Crippen molar-refractivity contribution in [3.05, 3.63) is 123 Å². The Bertz CT molecular complexity index is 1450. The van der Waals surface area contributed by atoms with Crippen molar-refractivity contribution < 1.29 is 13.2 Å². The molecule has 1 amide bonds. The van der Waals surface area contributed by atoms with Gasteiger partial charge >= 0.3 is 0 Å². The highest BCUT2D eigenvalue weighted by atomic mass is 127. The normalized spacial score (nSPS) is 11.2. The van der Waals surface area contributed by atoms with Crippen molar-refractivity contribution in [2.24, 2.45) is 0 Å². The van der Waals surface area contributed by atoms with Crippen molar-refractivity contribution in [3.8, 4) is 0 Å². The minimum Gasteiger partial charge on any atom is -0.322 e. The van der Waals surface area contributed by atoms with Gasteiger partial charge in [-0.1, -0.05) is 60.2 Å². The molecule has 0 aliphatic carbocycles. The topological polar surface area (TPSA) is 66.5 Å². The monoisotopic (exact) mass is 596 g/mol. The summed E-state index contributed by atoms with van der Waals surface area (Å²) in [5.41, 5.74) is 3.98. The number of aryl methyl sites for hydroxylation is 2. The summed E-state index contributed by atoms with van der Waals surface area (Å²) in [5.74, 6) is -0.373. The van der Waals surface area contributed by atoms with Crippen LogP contribution >= 0.6 is 22.6 Å². The van der Waals surface area contributed by atoms with E-state index in [1.807, 2.05) is 62.4 Å². The van der Waals surface area contributed by atoms with Crippen LogP contribution in [-0.4, -0.2) is 14.3 Å². The number of benzene rings is 4. The second-order valence-electron chi connectivity index (χ2n) is 8.24. The molecule has 5 nitrogen and oxygen atoms in total. The van der Waals surface area contributed by atoms with Crippen molar-refractivity contribution in [3.63, 3.8) is 0 Å². The Balaban J connectivity index is 1.79. The number of sulfonamides is 1. The van der Waals surface area contributed by atoms with E-state index in [0.717, 1.165) is 20.3 Å². The Labute approximate surface area is 220 Å². The fourth-order valence-electron chi connectivity index (χ4n) is 3.73. The summed E-state index contributed by atoms with van der Waals surface area (Å²) in [6, 6.07) is 28.6. The maximum atomic E-state index is 13.9. The first-order chi connectivity index (χ1) is 16.8. The fourth-order valence-corrected chi connectivity index (χ4v) is 5.85. The Morgan fingerprint density at radius 1 is 0.857 bits per heavy atom. The molecular weight excluding hydrogens is 571 g/mol. The minimum absolute atomic E-state index is 0.0872. The SMILES string of the molecule is Cc1ccc(S(=O)(=O)N(Cc2ccccc2)c2ccccc2C(=O)Nc2ccc(I)cc2C)cc1. The maximum absolute atomic E-state index is 13.9. The number of hydrogen-bond acceptors (Lipinski definition) is 3. The van der Waals surface area contributed by atoms with Crippen molar-refractivity contribution in [2.75, 3.05) is 9.62 Å². The van der Waals surface area contributed by atoms with Crippen LogP contribution in [0.3, 0.4) is 0 Å². The molecule has 4 rings (SSSR count). The fraction of sp³-hybridized carbons (Fsp3) is 0.107. The molecule has 0 atom stereocenters. The summed E-state index contributed by atoms with van der Waals surface area (Å²) in [6.07, 6.45) is 0. The first-order valence-corrected chi connectivity index (χ1v) is 13.6. The van der Waals surface area contributed by atoms with Crippen LogP contribution in [0.5, 0.6) is 0 Å². The van der Waals surface area contributed by atoms with Gasteiger partial charge in [-0.3, -0.25) is 9.10 Å². The molecule has 0 aromatic heterocycles. The van der Waals surface area contributed by atoms with Crippen LogP contribution < -0.4 is 9.62 Å². The summed E-state index contributed by atoms with van der Waals surface area (Å²) in [6.45, 7) is 3.92. The Morgan fingerprint density at radius 2 is 1.51 bits per heavy atom. The van der Waals surface area contributed by atoms with E-state index in [0.29, 0.717) is 11.4 Å². The molecule has 0 spiro atoms. The largest absolute Gasteiger partial charge is 0.322 e. The molecular formula is C28H25IN2O3S. The lowest BCUT2D eigenvalue weighted by atomic mass is 10.1. The van der Waals surface area contributed by atoms with Crippen molar-refractivity contribution in [1.29, 1.82) is 0 Å². The molecule has 0 aliphatic rings. The number of carbonyl (C=O) groups is 1. The number of anilines is 2. The van der Waals surface area contributed by atoms with E-state index in [4.69, 9.17) is 0 Å². The summed E-state index contributed by atoms with van der Waals surface area (Å²) < 4.78 is 30.1. The summed E-state index contributed by atoms with van der Waals surface area (Å²) >= 11 is 2.22. The third-order valence-electron chi connectivity index (χ3n) is 5.63. The molecule has 1 N–H and O–H groups in total. The number of halogens is 1. The van der Waals surface area contributed by atoms with Gasteiger partial charge in [0, 0.05) is 9.26 Å². The Kier molecular flexibility index (Phi) is 7.57. The van der Waals surface area contributed by atoms with Crippen LogP contribution in [0.1, 0.15) is 27.0 Å². The number of hydrogen-bond donors (Lipinski definition) is 1. The van der Waals surface area contributed by atoms with E-state index in [-0.39, 0.29) is 22.9 Å². The first-order valence-electron chi connectivity index (χ1n) is 11.1. The van der Waals surface area contributed by atoms with E-state index in [1.165, 1.54) is 4.31 Å². The summed E-state index contributed by atoms with van der Waals surface area (Å²) in [5, 5.41) is 2.95. The standard InChI is InChI=1S/C28H25IN2O3S/c1-20-12-15-24(16-13-20)35(33,34)31(19-22-8-4-3-5-9-22)27-11-7-6-10-25(27)28(32)30-26-17-14-23(29)18-21(26)2/h3-18H,19H2,1-2H3,(H,30,32).